The minimum absolute atomic E-state index is 0.0202. The fourth-order valence-electron chi connectivity index (χ4n) is 3.70. The van der Waals surface area contributed by atoms with E-state index in [0.29, 0.717) is 22.2 Å². The first kappa shape index (κ1) is 20.8. The van der Waals surface area contributed by atoms with E-state index >= 15 is 0 Å². The van der Waals surface area contributed by atoms with Crippen LogP contribution < -0.4 is 10.6 Å². The average molecular weight is 443 g/mol. The molecule has 2 aromatic carbocycles. The quantitative estimate of drug-likeness (QED) is 0.366. The zero-order chi connectivity index (χ0) is 22.3. The Hall–Kier alpha value is -3.46. The number of alkyl halides is 3. The van der Waals surface area contributed by atoms with Crippen LogP contribution in [0, 0.1) is 6.92 Å². The van der Waals surface area contributed by atoms with Crippen LogP contribution in [0.25, 0.3) is 17.0 Å². The topological polar surface area (TPSA) is 63.1 Å². The van der Waals surface area contributed by atoms with Gasteiger partial charge in [0.2, 0.25) is 0 Å². The van der Waals surface area contributed by atoms with Crippen LogP contribution in [0.2, 0.25) is 0 Å². The molecule has 2 amide bonds. The van der Waals surface area contributed by atoms with Gasteiger partial charge in [0.15, 0.2) is 5.11 Å². The number of nitrogens with one attached hydrogen (secondary N) is 2. The molecule has 1 fully saturated rings. The van der Waals surface area contributed by atoms with Gasteiger partial charge in [-0.2, -0.15) is 13.2 Å². The second-order valence-electron chi connectivity index (χ2n) is 7.05. The number of hydrogen-bond donors (Lipinski definition) is 2. The van der Waals surface area contributed by atoms with Crippen LogP contribution in [-0.2, 0) is 22.3 Å². The summed E-state index contributed by atoms with van der Waals surface area (Å²) in [5, 5.41) is 5.40. The van der Waals surface area contributed by atoms with Crippen molar-refractivity contribution in [3.8, 4) is 0 Å². The molecule has 2 heterocycles. The van der Waals surface area contributed by atoms with Crippen LogP contribution in [0.15, 0.2) is 54.1 Å². The second-order valence-corrected chi connectivity index (χ2v) is 7.46. The van der Waals surface area contributed by atoms with Crippen LogP contribution in [0.1, 0.15) is 22.4 Å². The maximum absolute atomic E-state index is 13.5. The molecule has 158 valence electrons. The van der Waals surface area contributed by atoms with Gasteiger partial charge in [0, 0.05) is 28.7 Å². The van der Waals surface area contributed by atoms with Crippen molar-refractivity contribution < 1.29 is 22.8 Å². The number of amides is 2. The molecule has 0 aliphatic carbocycles. The van der Waals surface area contributed by atoms with Crippen molar-refractivity contribution in [2.45, 2.75) is 19.6 Å². The van der Waals surface area contributed by atoms with Gasteiger partial charge in [-0.15, -0.1) is 0 Å². The SMILES string of the molecule is Cc1c(C=C2C(=O)NC(=S)NC2=O)c2ccccc2n1Cc1ccccc1C(F)(F)F. The molecule has 0 saturated carbocycles. The van der Waals surface area contributed by atoms with E-state index in [2.05, 4.69) is 10.6 Å². The summed E-state index contributed by atoms with van der Waals surface area (Å²) >= 11 is 4.81. The monoisotopic (exact) mass is 443 g/mol. The van der Waals surface area contributed by atoms with Gasteiger partial charge in [-0.05, 0) is 42.9 Å². The number of benzene rings is 2. The number of para-hydroxylation sites is 1. The molecule has 1 aromatic heterocycles. The number of carbonyl (C=O) groups is 2. The van der Waals surface area contributed by atoms with Crippen LogP contribution in [0.5, 0.6) is 0 Å². The highest BCUT2D eigenvalue weighted by atomic mass is 32.1. The number of halogens is 3. The van der Waals surface area contributed by atoms with Crippen LogP contribution in [0.4, 0.5) is 13.2 Å². The lowest BCUT2D eigenvalue weighted by molar-refractivity contribution is -0.138. The lowest BCUT2D eigenvalue weighted by Gasteiger charge is -2.16. The first-order valence-corrected chi connectivity index (χ1v) is 9.69. The number of nitrogens with zero attached hydrogens (tertiary/aromatic N) is 1. The molecule has 9 heteroatoms. The number of fused-ring (bicyclic) bond motifs is 1. The molecule has 31 heavy (non-hydrogen) atoms. The van der Waals surface area contributed by atoms with Gasteiger partial charge >= 0.3 is 6.18 Å². The standard InChI is InChI=1S/C22H16F3N3O2S/c1-12-15(10-16-19(29)26-21(31)27-20(16)30)14-7-3-5-9-18(14)28(12)11-13-6-2-4-8-17(13)22(23,24)25/h2-10H,11H2,1H3,(H2,26,27,29,30,31). The normalized spacial score (nSPS) is 14.6. The fraction of sp³-hybridized carbons (Fsp3) is 0.136. The summed E-state index contributed by atoms with van der Waals surface area (Å²) in [6, 6.07) is 12.6. The molecule has 3 aromatic rings. The molecule has 0 bridgehead atoms. The van der Waals surface area contributed by atoms with Crippen LogP contribution in [-0.4, -0.2) is 21.5 Å². The Morgan fingerprint density at radius 3 is 2.29 bits per heavy atom. The van der Waals surface area contributed by atoms with Gasteiger partial charge in [0.25, 0.3) is 11.8 Å². The van der Waals surface area contributed by atoms with E-state index in [0.717, 1.165) is 6.07 Å². The zero-order valence-electron chi connectivity index (χ0n) is 16.2. The molecule has 4 rings (SSSR count). The molecule has 0 atom stereocenters. The molecule has 0 unspecified atom stereocenters. The van der Waals surface area contributed by atoms with Crippen LogP contribution >= 0.6 is 12.2 Å². The Balaban J connectivity index is 1.86. The predicted octanol–water partition coefficient (Wildman–Crippen LogP) is 3.93. The van der Waals surface area contributed by atoms with Gasteiger partial charge in [-0.25, -0.2) is 0 Å². The fourth-order valence-corrected chi connectivity index (χ4v) is 3.88. The number of aromatic nitrogens is 1. The van der Waals surface area contributed by atoms with Gasteiger partial charge in [-0.1, -0.05) is 36.4 Å². The first-order valence-electron chi connectivity index (χ1n) is 9.28. The maximum Gasteiger partial charge on any atom is 0.416 e. The lowest BCUT2D eigenvalue weighted by Crippen LogP contribution is -2.51. The molecule has 2 N–H and O–H groups in total. The smallest absolute Gasteiger partial charge is 0.340 e. The molecular formula is C22H16F3N3O2S. The van der Waals surface area contributed by atoms with E-state index < -0.39 is 23.6 Å². The highest BCUT2D eigenvalue weighted by molar-refractivity contribution is 7.80. The van der Waals surface area contributed by atoms with E-state index in [1.807, 2.05) is 0 Å². The van der Waals surface area contributed by atoms with Crippen LogP contribution in [0.3, 0.4) is 0 Å². The largest absolute Gasteiger partial charge is 0.416 e. The van der Waals surface area contributed by atoms with E-state index in [4.69, 9.17) is 12.2 Å². The molecular weight excluding hydrogens is 427 g/mol. The van der Waals surface area contributed by atoms with Gasteiger partial charge in [0.05, 0.1) is 5.56 Å². The van der Waals surface area contributed by atoms with Crippen molar-refractivity contribution in [2.75, 3.05) is 0 Å². The maximum atomic E-state index is 13.5. The molecule has 1 aliphatic heterocycles. The first-order chi connectivity index (χ1) is 14.7. The highest BCUT2D eigenvalue weighted by Crippen LogP contribution is 2.34. The minimum Gasteiger partial charge on any atom is -0.340 e. The summed E-state index contributed by atoms with van der Waals surface area (Å²) in [5.74, 6) is -1.26. The second kappa shape index (κ2) is 7.66. The highest BCUT2D eigenvalue weighted by Gasteiger charge is 2.33. The van der Waals surface area contributed by atoms with Crippen molar-refractivity contribution in [1.82, 2.24) is 15.2 Å². The lowest BCUT2D eigenvalue weighted by atomic mass is 10.1. The molecule has 5 nitrogen and oxygen atoms in total. The third kappa shape index (κ3) is 3.84. The molecule has 1 saturated heterocycles. The summed E-state index contributed by atoms with van der Waals surface area (Å²) in [6.07, 6.45) is -3.04. The Bertz CT molecular complexity index is 1250. The number of hydrogen-bond acceptors (Lipinski definition) is 3. The molecule has 0 spiro atoms. The van der Waals surface area contributed by atoms with Crippen molar-refractivity contribution in [1.29, 1.82) is 0 Å². The van der Waals surface area contributed by atoms with E-state index in [1.54, 1.807) is 41.8 Å². The Labute approximate surface area is 180 Å². The summed E-state index contributed by atoms with van der Waals surface area (Å²) in [6.45, 7) is 1.72. The van der Waals surface area contributed by atoms with E-state index in [-0.39, 0.29) is 22.8 Å². The summed E-state index contributed by atoms with van der Waals surface area (Å²) in [5.41, 5.74) is 1.18. The van der Waals surface area contributed by atoms with E-state index in [9.17, 15) is 22.8 Å². The van der Waals surface area contributed by atoms with Crippen molar-refractivity contribution >= 4 is 46.1 Å². The summed E-state index contributed by atoms with van der Waals surface area (Å²) in [7, 11) is 0. The molecule has 1 aliphatic rings. The van der Waals surface area contributed by atoms with E-state index in [1.165, 1.54) is 18.2 Å². The predicted molar refractivity (Wildman–Crippen MR) is 114 cm³/mol. The summed E-state index contributed by atoms with van der Waals surface area (Å²) in [4.78, 5) is 24.5. The summed E-state index contributed by atoms with van der Waals surface area (Å²) < 4.78 is 42.2. The third-order valence-corrected chi connectivity index (χ3v) is 5.37. The average Bonchev–Trinajstić information content (AvgIpc) is 2.96. The number of rotatable bonds is 3. The zero-order valence-corrected chi connectivity index (χ0v) is 17.0. The third-order valence-electron chi connectivity index (χ3n) is 5.16. The van der Waals surface area contributed by atoms with Gasteiger partial charge in [0.1, 0.15) is 5.57 Å². The Morgan fingerprint density at radius 2 is 1.61 bits per heavy atom. The number of thiocarbonyl (C=S) groups is 1. The Morgan fingerprint density at radius 1 is 1.00 bits per heavy atom. The minimum atomic E-state index is -4.48. The Kier molecular flexibility index (Phi) is 5.14. The van der Waals surface area contributed by atoms with Gasteiger partial charge < -0.3 is 4.57 Å². The van der Waals surface area contributed by atoms with Crippen molar-refractivity contribution in [3.05, 3.63) is 76.5 Å². The van der Waals surface area contributed by atoms with Gasteiger partial charge in [-0.3, -0.25) is 20.2 Å². The van der Waals surface area contributed by atoms with Crippen molar-refractivity contribution in [3.63, 3.8) is 0 Å². The molecule has 0 radical (unpaired) electrons. The van der Waals surface area contributed by atoms with Crippen molar-refractivity contribution in [2.24, 2.45) is 0 Å². The number of carbonyl (C=O) groups excluding carboxylic acids is 2.